The molecule has 0 amide bonds. The molecule has 7 heteroatoms. The second-order valence-corrected chi connectivity index (χ2v) is 15.9. The maximum Gasteiger partial charge on any atom is 0.127 e. The summed E-state index contributed by atoms with van der Waals surface area (Å²) >= 11 is 1.64. The number of rotatable bonds is 18. The predicted octanol–water partition coefficient (Wildman–Crippen LogP) is 11.7. The van der Waals surface area contributed by atoms with Gasteiger partial charge in [-0.3, -0.25) is 0 Å². The number of ether oxygens (including phenoxy) is 5. The van der Waals surface area contributed by atoms with Crippen LogP contribution in [0.1, 0.15) is 55.8 Å². The Morgan fingerprint density at radius 1 is 0.508 bits per heavy atom. The Morgan fingerprint density at radius 2 is 1.00 bits per heavy atom. The van der Waals surface area contributed by atoms with Gasteiger partial charge < -0.3 is 23.7 Å². The number of hydrogen-bond acceptors (Lipinski definition) is 6. The Balaban J connectivity index is 1.19. The van der Waals surface area contributed by atoms with Gasteiger partial charge in [0.05, 0.1) is 33.0 Å². The van der Waals surface area contributed by atoms with E-state index in [1.165, 1.54) is 0 Å². The van der Waals surface area contributed by atoms with Crippen LogP contribution in [0, 0.1) is 5.82 Å². The number of halogens is 1. The first-order valence-corrected chi connectivity index (χ1v) is 21.2. The van der Waals surface area contributed by atoms with Crippen molar-refractivity contribution in [3.63, 3.8) is 0 Å². The molecule has 6 aromatic carbocycles. The summed E-state index contributed by atoms with van der Waals surface area (Å²) in [4.78, 5) is 1.09. The van der Waals surface area contributed by atoms with Gasteiger partial charge in [0, 0.05) is 10.8 Å². The second-order valence-electron chi connectivity index (χ2n) is 14.9. The van der Waals surface area contributed by atoms with Crippen molar-refractivity contribution >= 4 is 11.3 Å². The highest BCUT2D eigenvalue weighted by Gasteiger charge is 2.49. The minimum atomic E-state index is -0.651. The standard InChI is InChI=1S/C52H49FO5S/c53-46-29-28-43(32-44(46)45(48-27-16-30-59-48)31-38-17-6-1-7-18-38)49-51(56-35-41-23-12-4-13-24-41)52(57-36-42-25-14-5-15-26-42)50(55-34-40-21-10-3-11-22-40)47(58-49)37-54-33-39-19-8-2-9-20-39/h1-30,32,45,47,49-52H,31,33-37H2/t45?,47-,49?,50-,51+,52+/m1/s1. The van der Waals surface area contributed by atoms with Crippen LogP contribution in [0.2, 0.25) is 0 Å². The summed E-state index contributed by atoms with van der Waals surface area (Å²) in [5, 5.41) is 2.05. The van der Waals surface area contributed by atoms with E-state index in [0.717, 1.165) is 38.3 Å². The molecular weight excluding hydrogens is 756 g/mol. The Kier molecular flexibility index (Phi) is 14.2. The summed E-state index contributed by atoms with van der Waals surface area (Å²) < 4.78 is 50.8. The monoisotopic (exact) mass is 804 g/mol. The van der Waals surface area contributed by atoms with Crippen LogP contribution in [0.15, 0.2) is 187 Å². The molecule has 0 radical (unpaired) electrons. The molecule has 1 aliphatic rings. The smallest absolute Gasteiger partial charge is 0.127 e. The van der Waals surface area contributed by atoms with E-state index in [1.807, 2.05) is 133 Å². The van der Waals surface area contributed by atoms with Crippen molar-refractivity contribution in [3.05, 3.63) is 237 Å². The molecule has 7 aromatic rings. The molecule has 2 unspecified atom stereocenters. The summed E-state index contributed by atoms with van der Waals surface area (Å²) in [6, 6.07) is 60.2. The van der Waals surface area contributed by atoms with Gasteiger partial charge in [0.1, 0.15) is 36.3 Å². The SMILES string of the molecule is Fc1ccc(C2O[C@H](COCc3ccccc3)[C@@H](OCc3ccccc3)[C@H](OCc3ccccc3)[C@H]2OCc2ccccc2)cc1C(Cc1ccccc1)c1cccs1. The fraction of sp³-hybridized carbons (Fsp3) is 0.231. The third-order valence-electron chi connectivity index (χ3n) is 10.8. The number of thiophene rings is 1. The topological polar surface area (TPSA) is 46.2 Å². The molecule has 0 N–H and O–H groups in total. The minimum Gasteiger partial charge on any atom is -0.374 e. The minimum absolute atomic E-state index is 0.207. The maximum atomic E-state index is 16.3. The first-order chi connectivity index (χ1) is 29.2. The Labute approximate surface area is 351 Å². The molecule has 0 spiro atoms. The molecular formula is C52H49FO5S. The van der Waals surface area contributed by atoms with Gasteiger partial charge in [-0.15, -0.1) is 11.3 Å². The Hall–Kier alpha value is -5.25. The highest BCUT2D eigenvalue weighted by atomic mass is 32.1. The van der Waals surface area contributed by atoms with E-state index < -0.39 is 30.5 Å². The Morgan fingerprint density at radius 3 is 1.53 bits per heavy atom. The summed E-state index contributed by atoms with van der Waals surface area (Å²) in [5.74, 6) is -0.467. The van der Waals surface area contributed by atoms with Crippen molar-refractivity contribution in [1.82, 2.24) is 0 Å². The van der Waals surface area contributed by atoms with Crippen molar-refractivity contribution in [1.29, 1.82) is 0 Å². The zero-order chi connectivity index (χ0) is 40.1. The van der Waals surface area contributed by atoms with Gasteiger partial charge in [-0.25, -0.2) is 4.39 Å². The highest BCUT2D eigenvalue weighted by Crippen LogP contribution is 2.41. The number of benzene rings is 6. The second kappa shape index (κ2) is 20.6. The van der Waals surface area contributed by atoms with Gasteiger partial charge in [-0.1, -0.05) is 164 Å². The fourth-order valence-corrected chi connectivity index (χ4v) is 8.61. The van der Waals surface area contributed by atoms with Crippen molar-refractivity contribution in [2.24, 2.45) is 0 Å². The molecule has 0 saturated carbocycles. The summed E-state index contributed by atoms with van der Waals surface area (Å²) in [5.41, 5.74) is 6.69. The molecule has 1 aromatic heterocycles. The van der Waals surface area contributed by atoms with Crippen molar-refractivity contribution in [2.45, 2.75) is 69.3 Å². The molecule has 5 nitrogen and oxygen atoms in total. The van der Waals surface area contributed by atoms with Crippen LogP contribution >= 0.6 is 11.3 Å². The third kappa shape index (κ3) is 10.9. The van der Waals surface area contributed by atoms with Crippen molar-refractivity contribution in [3.8, 4) is 0 Å². The van der Waals surface area contributed by atoms with Crippen LogP contribution in [-0.2, 0) is 56.5 Å². The molecule has 2 heterocycles. The van der Waals surface area contributed by atoms with Crippen LogP contribution < -0.4 is 0 Å². The first-order valence-electron chi connectivity index (χ1n) is 20.3. The average molecular weight is 805 g/mol. The van der Waals surface area contributed by atoms with Crippen molar-refractivity contribution in [2.75, 3.05) is 6.61 Å². The lowest BCUT2D eigenvalue weighted by molar-refractivity contribution is -0.275. The van der Waals surface area contributed by atoms with E-state index in [4.69, 9.17) is 23.7 Å². The largest absolute Gasteiger partial charge is 0.374 e. The van der Waals surface area contributed by atoms with Gasteiger partial charge in [-0.2, -0.15) is 0 Å². The molecule has 1 aliphatic heterocycles. The summed E-state index contributed by atoms with van der Waals surface area (Å²) in [7, 11) is 0. The number of hydrogen-bond donors (Lipinski definition) is 0. The van der Waals surface area contributed by atoms with E-state index >= 15 is 4.39 Å². The lowest BCUT2D eigenvalue weighted by atomic mass is 9.86. The molecule has 0 aliphatic carbocycles. The van der Waals surface area contributed by atoms with Gasteiger partial charge >= 0.3 is 0 Å². The summed E-state index contributed by atoms with van der Waals surface area (Å²) in [6.45, 7) is 1.63. The van der Waals surface area contributed by atoms with E-state index in [2.05, 4.69) is 47.8 Å². The van der Waals surface area contributed by atoms with E-state index in [0.29, 0.717) is 38.4 Å². The zero-order valence-electron chi connectivity index (χ0n) is 32.9. The quantitative estimate of drug-likeness (QED) is 0.0865. The molecule has 1 saturated heterocycles. The third-order valence-corrected chi connectivity index (χ3v) is 11.8. The normalized spacial score (nSPS) is 19.6. The molecule has 1 fully saturated rings. The fourth-order valence-electron chi connectivity index (χ4n) is 7.77. The van der Waals surface area contributed by atoms with E-state index in [9.17, 15) is 0 Å². The zero-order valence-corrected chi connectivity index (χ0v) is 33.7. The maximum absolute atomic E-state index is 16.3. The van der Waals surface area contributed by atoms with Crippen molar-refractivity contribution < 1.29 is 28.1 Å². The van der Waals surface area contributed by atoms with Crippen LogP contribution in [-0.4, -0.2) is 31.0 Å². The molecule has 8 rings (SSSR count). The van der Waals surface area contributed by atoms with Crippen LogP contribution in [0.5, 0.6) is 0 Å². The van der Waals surface area contributed by atoms with Gasteiger partial charge in [0.25, 0.3) is 0 Å². The molecule has 59 heavy (non-hydrogen) atoms. The average Bonchev–Trinajstić information content (AvgIpc) is 3.84. The van der Waals surface area contributed by atoms with Crippen LogP contribution in [0.4, 0.5) is 4.39 Å². The van der Waals surface area contributed by atoms with Gasteiger partial charge in [0.2, 0.25) is 0 Å². The summed E-state index contributed by atoms with van der Waals surface area (Å²) in [6.07, 6.45) is -2.38. The highest BCUT2D eigenvalue weighted by molar-refractivity contribution is 7.10. The van der Waals surface area contributed by atoms with Gasteiger partial charge in [0.15, 0.2) is 0 Å². The molecule has 300 valence electrons. The molecule has 6 atom stereocenters. The van der Waals surface area contributed by atoms with E-state index in [1.54, 1.807) is 17.4 Å². The first kappa shape index (κ1) is 40.5. The predicted molar refractivity (Wildman–Crippen MR) is 231 cm³/mol. The van der Waals surface area contributed by atoms with E-state index in [-0.39, 0.29) is 18.3 Å². The van der Waals surface area contributed by atoms with Crippen LogP contribution in [0.25, 0.3) is 0 Å². The lowest BCUT2D eigenvalue weighted by Gasteiger charge is -2.46. The molecule has 0 bridgehead atoms. The van der Waals surface area contributed by atoms with Gasteiger partial charge in [-0.05, 0) is 68.9 Å². The lowest BCUT2D eigenvalue weighted by Crippen LogP contribution is -2.58. The van der Waals surface area contributed by atoms with Crippen LogP contribution in [0.3, 0.4) is 0 Å². The Bertz CT molecular complexity index is 2260.